The first-order chi connectivity index (χ1) is 8.60. The van der Waals surface area contributed by atoms with Crippen molar-refractivity contribution in [3.8, 4) is 5.75 Å². The maximum absolute atomic E-state index is 13.6. The molecule has 0 spiro atoms. The zero-order valence-corrected chi connectivity index (χ0v) is 11.8. The molecule has 0 fully saturated rings. The highest BCUT2D eigenvalue weighted by molar-refractivity contribution is 5.29. The Hall–Kier alpha value is -1.09. The minimum Gasteiger partial charge on any atom is -0.494 e. The molecule has 18 heavy (non-hydrogen) atoms. The van der Waals surface area contributed by atoms with Crippen LogP contribution in [0.4, 0.5) is 4.39 Å². The van der Waals surface area contributed by atoms with E-state index in [2.05, 4.69) is 19.2 Å². The van der Waals surface area contributed by atoms with Crippen LogP contribution >= 0.6 is 0 Å². The van der Waals surface area contributed by atoms with Crippen LogP contribution in [0.15, 0.2) is 18.2 Å². The molecule has 2 unspecified atom stereocenters. The van der Waals surface area contributed by atoms with Gasteiger partial charge < -0.3 is 10.1 Å². The van der Waals surface area contributed by atoms with E-state index in [1.54, 1.807) is 12.1 Å². The van der Waals surface area contributed by atoms with Crippen molar-refractivity contribution >= 4 is 0 Å². The van der Waals surface area contributed by atoms with Crippen LogP contribution in [0.1, 0.15) is 32.3 Å². The Morgan fingerprint density at radius 3 is 2.61 bits per heavy atom. The summed E-state index contributed by atoms with van der Waals surface area (Å²) in [4.78, 5) is 0. The van der Waals surface area contributed by atoms with Crippen molar-refractivity contribution in [2.45, 2.75) is 39.2 Å². The van der Waals surface area contributed by atoms with Gasteiger partial charge in [-0.3, -0.25) is 0 Å². The largest absolute Gasteiger partial charge is 0.494 e. The molecule has 0 aromatic heterocycles. The molecule has 0 saturated heterocycles. The average molecular weight is 253 g/mol. The number of halogens is 1. The Balaban J connectivity index is 2.67. The van der Waals surface area contributed by atoms with Crippen LogP contribution in [0.2, 0.25) is 0 Å². The van der Waals surface area contributed by atoms with Gasteiger partial charge in [-0.2, -0.15) is 0 Å². The van der Waals surface area contributed by atoms with Gasteiger partial charge in [-0.25, -0.2) is 4.39 Å². The standard InChI is InChI=1S/C15H24FNO/c1-5-11(2)8-13(17-3)9-12-6-7-15(18-4)14(16)10-12/h6-7,10-11,13,17H,5,8-9H2,1-4H3. The van der Waals surface area contributed by atoms with Gasteiger partial charge in [-0.15, -0.1) is 0 Å². The minimum atomic E-state index is -0.284. The molecular weight excluding hydrogens is 229 g/mol. The lowest BCUT2D eigenvalue weighted by molar-refractivity contribution is 0.384. The summed E-state index contributed by atoms with van der Waals surface area (Å²) in [5.41, 5.74) is 1.01. The van der Waals surface area contributed by atoms with E-state index in [-0.39, 0.29) is 5.82 Å². The third-order valence-corrected chi connectivity index (χ3v) is 3.49. The van der Waals surface area contributed by atoms with Gasteiger partial charge in [0.1, 0.15) is 0 Å². The summed E-state index contributed by atoms with van der Waals surface area (Å²) in [7, 11) is 3.45. The van der Waals surface area contributed by atoms with Crippen molar-refractivity contribution in [2.24, 2.45) is 5.92 Å². The van der Waals surface area contributed by atoms with Crippen LogP contribution in [-0.4, -0.2) is 20.2 Å². The van der Waals surface area contributed by atoms with Crippen LogP contribution in [0.3, 0.4) is 0 Å². The molecule has 0 heterocycles. The third kappa shape index (κ3) is 4.30. The lowest BCUT2D eigenvalue weighted by Gasteiger charge is -2.20. The summed E-state index contributed by atoms with van der Waals surface area (Å²) >= 11 is 0. The summed E-state index contributed by atoms with van der Waals surface area (Å²) in [6.07, 6.45) is 3.14. The molecule has 0 saturated carbocycles. The van der Waals surface area contributed by atoms with Crippen molar-refractivity contribution in [2.75, 3.05) is 14.2 Å². The molecule has 2 nitrogen and oxygen atoms in total. The number of ether oxygens (including phenoxy) is 1. The van der Waals surface area contributed by atoms with E-state index in [9.17, 15) is 4.39 Å². The fraction of sp³-hybridized carbons (Fsp3) is 0.600. The minimum absolute atomic E-state index is 0.284. The summed E-state index contributed by atoms with van der Waals surface area (Å²) in [5.74, 6) is 0.709. The second-order valence-electron chi connectivity index (χ2n) is 4.91. The van der Waals surface area contributed by atoms with E-state index in [0.29, 0.717) is 17.7 Å². The Bertz CT molecular complexity index is 368. The van der Waals surface area contributed by atoms with Crippen molar-refractivity contribution in [3.05, 3.63) is 29.6 Å². The Labute approximate surface area is 110 Å². The maximum atomic E-state index is 13.6. The van der Waals surface area contributed by atoms with E-state index in [4.69, 9.17) is 4.74 Å². The van der Waals surface area contributed by atoms with Gasteiger partial charge in [-0.1, -0.05) is 26.3 Å². The van der Waals surface area contributed by atoms with Crippen molar-refractivity contribution in [1.82, 2.24) is 5.32 Å². The fourth-order valence-corrected chi connectivity index (χ4v) is 2.08. The molecule has 0 radical (unpaired) electrons. The summed E-state index contributed by atoms with van der Waals surface area (Å²) in [6.45, 7) is 4.45. The van der Waals surface area contributed by atoms with Gasteiger partial charge >= 0.3 is 0 Å². The van der Waals surface area contributed by atoms with E-state index >= 15 is 0 Å². The number of likely N-dealkylation sites (N-methyl/N-ethyl adjacent to an activating group) is 1. The molecule has 1 aromatic rings. The van der Waals surface area contributed by atoms with Gasteiger partial charge in [0, 0.05) is 6.04 Å². The van der Waals surface area contributed by atoms with Gasteiger partial charge in [0.15, 0.2) is 11.6 Å². The Morgan fingerprint density at radius 1 is 1.39 bits per heavy atom. The molecule has 1 N–H and O–H groups in total. The number of nitrogens with one attached hydrogen (secondary N) is 1. The lowest BCUT2D eigenvalue weighted by atomic mass is 9.94. The van der Waals surface area contributed by atoms with Crippen molar-refractivity contribution in [3.63, 3.8) is 0 Å². The predicted octanol–water partition coefficient (Wildman–Crippen LogP) is 3.40. The molecule has 0 aliphatic heterocycles. The number of methoxy groups -OCH3 is 1. The Morgan fingerprint density at radius 2 is 2.11 bits per heavy atom. The van der Waals surface area contributed by atoms with Crippen LogP contribution in [0.5, 0.6) is 5.75 Å². The van der Waals surface area contributed by atoms with Crippen LogP contribution in [0, 0.1) is 11.7 Å². The highest BCUT2D eigenvalue weighted by Crippen LogP contribution is 2.20. The molecule has 0 aliphatic carbocycles. The van der Waals surface area contributed by atoms with Crippen LogP contribution < -0.4 is 10.1 Å². The highest BCUT2D eigenvalue weighted by atomic mass is 19.1. The topological polar surface area (TPSA) is 21.3 Å². The first-order valence-corrected chi connectivity index (χ1v) is 6.60. The number of hydrogen-bond donors (Lipinski definition) is 1. The summed E-state index contributed by atoms with van der Waals surface area (Å²) < 4.78 is 18.5. The van der Waals surface area contributed by atoms with E-state index in [1.165, 1.54) is 13.5 Å². The van der Waals surface area contributed by atoms with Gasteiger partial charge in [0.05, 0.1) is 7.11 Å². The first kappa shape index (κ1) is 15.0. The van der Waals surface area contributed by atoms with E-state index in [1.807, 2.05) is 13.1 Å². The maximum Gasteiger partial charge on any atom is 0.165 e. The Kier molecular flexibility index (Phi) is 6.13. The van der Waals surface area contributed by atoms with E-state index in [0.717, 1.165) is 18.4 Å². The quantitative estimate of drug-likeness (QED) is 0.804. The van der Waals surface area contributed by atoms with Crippen molar-refractivity contribution < 1.29 is 9.13 Å². The summed E-state index contributed by atoms with van der Waals surface area (Å²) in [5, 5.41) is 3.31. The molecule has 3 heteroatoms. The second-order valence-corrected chi connectivity index (χ2v) is 4.91. The van der Waals surface area contributed by atoms with Gasteiger partial charge in [0.2, 0.25) is 0 Å². The van der Waals surface area contributed by atoms with Crippen LogP contribution in [-0.2, 0) is 6.42 Å². The average Bonchev–Trinajstić information content (AvgIpc) is 2.38. The molecule has 102 valence electrons. The first-order valence-electron chi connectivity index (χ1n) is 6.60. The normalized spacial score (nSPS) is 14.3. The van der Waals surface area contributed by atoms with Crippen molar-refractivity contribution in [1.29, 1.82) is 0 Å². The monoisotopic (exact) mass is 253 g/mol. The van der Waals surface area contributed by atoms with E-state index < -0.39 is 0 Å². The SMILES string of the molecule is CCC(C)CC(Cc1ccc(OC)c(F)c1)NC. The molecule has 0 aliphatic rings. The summed E-state index contributed by atoms with van der Waals surface area (Å²) in [6, 6.07) is 5.59. The smallest absolute Gasteiger partial charge is 0.165 e. The third-order valence-electron chi connectivity index (χ3n) is 3.49. The number of benzene rings is 1. The lowest BCUT2D eigenvalue weighted by Crippen LogP contribution is -2.29. The highest BCUT2D eigenvalue weighted by Gasteiger charge is 2.12. The zero-order chi connectivity index (χ0) is 13.5. The van der Waals surface area contributed by atoms with Crippen LogP contribution in [0.25, 0.3) is 0 Å². The predicted molar refractivity (Wildman–Crippen MR) is 73.6 cm³/mol. The molecule has 2 atom stereocenters. The van der Waals surface area contributed by atoms with Gasteiger partial charge in [-0.05, 0) is 43.5 Å². The molecule has 0 amide bonds. The second kappa shape index (κ2) is 7.37. The molecule has 1 aromatic carbocycles. The number of hydrogen-bond acceptors (Lipinski definition) is 2. The fourth-order valence-electron chi connectivity index (χ4n) is 2.08. The molecule has 0 bridgehead atoms. The zero-order valence-electron chi connectivity index (χ0n) is 11.8. The number of rotatable bonds is 7. The van der Waals surface area contributed by atoms with Gasteiger partial charge in [0.25, 0.3) is 0 Å². The molecule has 1 rings (SSSR count). The molecular formula is C15H24FNO.